The number of hydrogen-bond donors (Lipinski definition) is 2. The average Bonchev–Trinajstić information content (AvgIpc) is 2.36. The first-order chi connectivity index (χ1) is 9.57. The summed E-state index contributed by atoms with van der Waals surface area (Å²) in [4.78, 5) is -0.986. The minimum Gasteiger partial charge on any atom is -0.326 e. The third-order valence-corrected chi connectivity index (χ3v) is 4.44. The van der Waals surface area contributed by atoms with E-state index >= 15 is 0 Å². The predicted molar refractivity (Wildman–Crippen MR) is 68.0 cm³/mol. The number of halogens is 5. The molecule has 0 spiro atoms. The molecule has 1 aromatic carbocycles. The van der Waals surface area contributed by atoms with Crippen molar-refractivity contribution in [3.63, 3.8) is 0 Å². The van der Waals surface area contributed by atoms with E-state index in [-0.39, 0.29) is 12.1 Å². The number of benzene rings is 1. The number of sulfonamides is 1. The highest BCUT2D eigenvalue weighted by atomic mass is 32.2. The number of hydrogen-bond acceptors (Lipinski definition) is 4. The molecule has 0 saturated heterocycles. The molecule has 0 unspecified atom stereocenters. The molecule has 0 saturated carbocycles. The Kier molecular flexibility index (Phi) is 5.96. The molecule has 4 nitrogen and oxygen atoms in total. The monoisotopic (exact) mass is 350 g/mol. The summed E-state index contributed by atoms with van der Waals surface area (Å²) in [6.07, 6.45) is 0. The molecule has 21 heavy (non-hydrogen) atoms. The number of rotatable bonds is 6. The summed E-state index contributed by atoms with van der Waals surface area (Å²) >= 11 is -0.430. The maximum atomic E-state index is 13.5. The summed E-state index contributed by atoms with van der Waals surface area (Å²) in [5.74, 6) is -3.60. The molecular formula is C10H11F5N2O2S2. The Labute approximate surface area is 121 Å². The lowest BCUT2D eigenvalue weighted by Gasteiger charge is -2.10. The van der Waals surface area contributed by atoms with Crippen molar-refractivity contribution in [3.05, 3.63) is 29.3 Å². The van der Waals surface area contributed by atoms with Crippen LogP contribution in [0.2, 0.25) is 0 Å². The molecule has 1 rings (SSSR count). The van der Waals surface area contributed by atoms with Crippen molar-refractivity contribution < 1.29 is 30.4 Å². The van der Waals surface area contributed by atoms with Crippen molar-refractivity contribution >= 4 is 21.8 Å². The quantitative estimate of drug-likeness (QED) is 0.608. The maximum absolute atomic E-state index is 13.5. The first kappa shape index (κ1) is 18.1. The first-order valence-corrected chi connectivity index (χ1v) is 7.92. The third kappa shape index (κ3) is 5.41. The number of thioether (sulfide) groups is 1. The van der Waals surface area contributed by atoms with Gasteiger partial charge in [0.25, 0.3) is 0 Å². The van der Waals surface area contributed by atoms with Gasteiger partial charge < -0.3 is 5.73 Å². The molecule has 0 amide bonds. The lowest BCUT2D eigenvalue weighted by atomic mass is 10.2. The lowest BCUT2D eigenvalue weighted by Crippen LogP contribution is -2.28. The van der Waals surface area contributed by atoms with Gasteiger partial charge in [-0.25, -0.2) is 21.9 Å². The van der Waals surface area contributed by atoms with Crippen molar-refractivity contribution in [1.29, 1.82) is 0 Å². The van der Waals surface area contributed by atoms with Gasteiger partial charge in [-0.05, 0) is 29.5 Å². The van der Waals surface area contributed by atoms with Gasteiger partial charge in [0, 0.05) is 18.8 Å². The summed E-state index contributed by atoms with van der Waals surface area (Å²) in [5, 5.41) is 0. The Bertz CT molecular complexity index is 604. The van der Waals surface area contributed by atoms with Crippen LogP contribution in [0.25, 0.3) is 0 Å². The van der Waals surface area contributed by atoms with E-state index in [1.165, 1.54) is 0 Å². The molecule has 0 aliphatic rings. The molecule has 0 heterocycles. The molecular weight excluding hydrogens is 339 g/mol. The molecule has 0 aliphatic heterocycles. The van der Waals surface area contributed by atoms with Crippen LogP contribution in [0, 0.1) is 11.6 Å². The van der Waals surface area contributed by atoms with Crippen LogP contribution in [0.4, 0.5) is 22.0 Å². The summed E-state index contributed by atoms with van der Waals surface area (Å²) in [7, 11) is -4.47. The standard InChI is InChI=1S/C10H11F5N2O2S2/c11-7-3-6(5-16)4-8(9(7)12)21(18,19)17-1-2-20-10(13,14)15/h3-4,17H,1-2,5,16H2. The van der Waals surface area contributed by atoms with Crippen LogP contribution in [0.5, 0.6) is 0 Å². The van der Waals surface area contributed by atoms with Crippen molar-refractivity contribution in [2.24, 2.45) is 5.73 Å². The van der Waals surface area contributed by atoms with Crippen LogP contribution in [0.3, 0.4) is 0 Å². The summed E-state index contributed by atoms with van der Waals surface area (Å²) in [6.45, 7) is -0.802. The second kappa shape index (κ2) is 6.90. The van der Waals surface area contributed by atoms with E-state index in [0.29, 0.717) is 0 Å². The maximum Gasteiger partial charge on any atom is 0.441 e. The molecule has 120 valence electrons. The number of nitrogens with one attached hydrogen (secondary N) is 1. The zero-order chi connectivity index (χ0) is 16.3. The molecule has 0 fully saturated rings. The fourth-order valence-corrected chi connectivity index (χ4v) is 3.08. The van der Waals surface area contributed by atoms with Crippen molar-refractivity contribution in [3.8, 4) is 0 Å². The normalized spacial score (nSPS) is 12.7. The molecule has 1 aromatic rings. The van der Waals surface area contributed by atoms with Crippen LogP contribution in [0.1, 0.15) is 5.56 Å². The van der Waals surface area contributed by atoms with E-state index in [0.717, 1.165) is 12.1 Å². The highest BCUT2D eigenvalue weighted by Gasteiger charge is 2.28. The minimum atomic E-state index is -4.50. The fourth-order valence-electron chi connectivity index (χ4n) is 1.35. The molecule has 3 N–H and O–H groups in total. The molecule has 11 heteroatoms. The zero-order valence-corrected chi connectivity index (χ0v) is 12.0. The number of nitrogens with two attached hydrogens (primary N) is 1. The van der Waals surface area contributed by atoms with Crippen LogP contribution >= 0.6 is 11.8 Å². The van der Waals surface area contributed by atoms with Gasteiger partial charge in [-0.15, -0.1) is 0 Å². The highest BCUT2D eigenvalue weighted by Crippen LogP contribution is 2.29. The van der Waals surface area contributed by atoms with Gasteiger partial charge in [0.2, 0.25) is 10.0 Å². The molecule has 0 aromatic heterocycles. The van der Waals surface area contributed by atoms with Gasteiger partial charge in [-0.3, -0.25) is 0 Å². The van der Waals surface area contributed by atoms with E-state index < -0.39 is 56.1 Å². The Hall–Kier alpha value is -0.910. The Morgan fingerprint density at radius 2 is 1.86 bits per heavy atom. The van der Waals surface area contributed by atoms with E-state index in [9.17, 15) is 30.4 Å². The molecule has 0 atom stereocenters. The Balaban J connectivity index is 2.86. The van der Waals surface area contributed by atoms with E-state index in [2.05, 4.69) is 0 Å². The second-order valence-corrected chi connectivity index (χ2v) is 6.68. The second-order valence-electron chi connectivity index (χ2n) is 3.79. The van der Waals surface area contributed by atoms with Gasteiger partial charge in [0.1, 0.15) is 4.90 Å². The average molecular weight is 350 g/mol. The molecule has 0 bridgehead atoms. The topological polar surface area (TPSA) is 72.2 Å². The van der Waals surface area contributed by atoms with Crippen LogP contribution < -0.4 is 10.5 Å². The highest BCUT2D eigenvalue weighted by molar-refractivity contribution is 8.00. The van der Waals surface area contributed by atoms with Gasteiger partial charge in [0.15, 0.2) is 11.6 Å². The van der Waals surface area contributed by atoms with Crippen LogP contribution in [-0.4, -0.2) is 26.2 Å². The Morgan fingerprint density at radius 1 is 1.24 bits per heavy atom. The minimum absolute atomic E-state index is 0.0407. The van der Waals surface area contributed by atoms with Gasteiger partial charge in [-0.2, -0.15) is 13.2 Å². The molecule has 0 aliphatic carbocycles. The summed E-state index contributed by atoms with van der Waals surface area (Å²) in [5.41, 5.74) is 0.761. The van der Waals surface area contributed by atoms with Crippen molar-refractivity contribution in [2.75, 3.05) is 12.3 Å². The fraction of sp³-hybridized carbons (Fsp3) is 0.400. The smallest absolute Gasteiger partial charge is 0.326 e. The van der Waals surface area contributed by atoms with E-state index in [1.807, 2.05) is 0 Å². The zero-order valence-electron chi connectivity index (χ0n) is 10.4. The third-order valence-electron chi connectivity index (χ3n) is 2.24. The summed E-state index contributed by atoms with van der Waals surface area (Å²) in [6, 6.07) is 1.57. The Morgan fingerprint density at radius 3 is 2.38 bits per heavy atom. The van der Waals surface area contributed by atoms with E-state index in [1.54, 1.807) is 4.72 Å². The van der Waals surface area contributed by atoms with Crippen molar-refractivity contribution in [2.45, 2.75) is 16.9 Å². The van der Waals surface area contributed by atoms with Gasteiger partial charge >= 0.3 is 5.51 Å². The largest absolute Gasteiger partial charge is 0.441 e. The van der Waals surface area contributed by atoms with Crippen LogP contribution in [-0.2, 0) is 16.6 Å². The van der Waals surface area contributed by atoms with Gasteiger partial charge in [0.05, 0.1) is 0 Å². The molecule has 0 radical (unpaired) electrons. The van der Waals surface area contributed by atoms with Crippen molar-refractivity contribution in [1.82, 2.24) is 4.72 Å². The number of alkyl halides is 3. The first-order valence-electron chi connectivity index (χ1n) is 5.45. The van der Waals surface area contributed by atoms with Gasteiger partial charge in [-0.1, -0.05) is 0 Å². The van der Waals surface area contributed by atoms with E-state index in [4.69, 9.17) is 5.73 Å². The predicted octanol–water partition coefficient (Wildman–Crippen LogP) is 1.95. The van der Waals surface area contributed by atoms with Crippen LogP contribution in [0.15, 0.2) is 17.0 Å². The summed E-state index contributed by atoms with van der Waals surface area (Å²) < 4.78 is 87.6. The lowest BCUT2D eigenvalue weighted by molar-refractivity contribution is -0.0327. The SMILES string of the molecule is NCc1cc(F)c(F)c(S(=O)(=O)NCCSC(F)(F)F)c1.